The number of benzene rings is 1. The average molecular weight is 279 g/mol. The molecule has 0 fully saturated rings. The van der Waals surface area contributed by atoms with E-state index in [4.69, 9.17) is 4.74 Å². The molecule has 110 valence electrons. The Morgan fingerprint density at radius 3 is 2.45 bits per heavy atom. The monoisotopic (exact) mass is 279 g/mol. The van der Waals surface area contributed by atoms with Crippen molar-refractivity contribution in [2.45, 2.75) is 32.8 Å². The van der Waals surface area contributed by atoms with E-state index in [1.54, 1.807) is 13.0 Å². The van der Waals surface area contributed by atoms with Gasteiger partial charge < -0.3 is 10.1 Å². The Kier molecular flexibility index (Phi) is 5.83. The molecular weight excluding hydrogens is 258 g/mol. The summed E-state index contributed by atoms with van der Waals surface area (Å²) in [6, 6.07) is 7.10. The Bertz CT molecular complexity index is 474. The fourth-order valence-corrected chi connectivity index (χ4v) is 1.49. The zero-order valence-electron chi connectivity index (χ0n) is 12.2. The van der Waals surface area contributed by atoms with Crippen molar-refractivity contribution in [3.8, 4) is 5.75 Å². The Morgan fingerprint density at radius 2 is 1.85 bits per heavy atom. The maximum atomic E-state index is 11.7. The van der Waals surface area contributed by atoms with E-state index in [1.807, 2.05) is 18.2 Å². The number of hydrazine groups is 1. The first-order chi connectivity index (χ1) is 9.43. The molecule has 20 heavy (non-hydrogen) atoms. The van der Waals surface area contributed by atoms with Gasteiger partial charge in [-0.25, -0.2) is 10.2 Å². The second-order valence-electron chi connectivity index (χ2n) is 4.68. The second-order valence-corrected chi connectivity index (χ2v) is 4.68. The first kappa shape index (κ1) is 15.8. The van der Waals surface area contributed by atoms with Crippen molar-refractivity contribution >= 4 is 11.9 Å². The predicted octanol–water partition coefficient (Wildman–Crippen LogP) is 1.54. The number of rotatable bonds is 4. The average Bonchev–Trinajstić information content (AvgIpc) is 2.44. The molecule has 0 aliphatic heterocycles. The van der Waals surface area contributed by atoms with Gasteiger partial charge in [-0.05, 0) is 30.5 Å². The first-order valence-corrected chi connectivity index (χ1v) is 6.48. The van der Waals surface area contributed by atoms with Crippen molar-refractivity contribution in [3.63, 3.8) is 0 Å². The van der Waals surface area contributed by atoms with Gasteiger partial charge in [0.05, 0.1) is 0 Å². The standard InChI is InChI=1S/C14H21N3O3/c1-9(2)11-6-5-7-12(8-11)20-10(3)13(18)16-17-14(19)15-4/h5-10H,1-4H3,(H,16,18)(H2,15,17,19). The first-order valence-electron chi connectivity index (χ1n) is 6.48. The zero-order chi connectivity index (χ0) is 15.1. The summed E-state index contributed by atoms with van der Waals surface area (Å²) in [6.45, 7) is 5.79. The fourth-order valence-electron chi connectivity index (χ4n) is 1.49. The highest BCUT2D eigenvalue weighted by Gasteiger charge is 2.15. The van der Waals surface area contributed by atoms with Gasteiger partial charge in [0.2, 0.25) is 0 Å². The summed E-state index contributed by atoms with van der Waals surface area (Å²) in [5.41, 5.74) is 5.60. The molecule has 1 aromatic carbocycles. The molecule has 1 atom stereocenters. The van der Waals surface area contributed by atoms with Gasteiger partial charge in [-0.15, -0.1) is 0 Å². The van der Waals surface area contributed by atoms with E-state index in [0.29, 0.717) is 11.7 Å². The third kappa shape index (κ3) is 4.79. The molecule has 0 saturated heterocycles. The lowest BCUT2D eigenvalue weighted by molar-refractivity contribution is -0.128. The molecule has 1 aromatic rings. The SMILES string of the molecule is CNC(=O)NNC(=O)C(C)Oc1cccc(C(C)C)c1. The summed E-state index contributed by atoms with van der Waals surface area (Å²) < 4.78 is 5.55. The fraction of sp³-hybridized carbons (Fsp3) is 0.429. The van der Waals surface area contributed by atoms with E-state index in [2.05, 4.69) is 30.0 Å². The van der Waals surface area contributed by atoms with Crippen LogP contribution in [0.1, 0.15) is 32.3 Å². The van der Waals surface area contributed by atoms with E-state index in [0.717, 1.165) is 5.56 Å². The minimum absolute atomic E-state index is 0.387. The maximum Gasteiger partial charge on any atom is 0.333 e. The van der Waals surface area contributed by atoms with Crippen LogP contribution in [-0.2, 0) is 4.79 Å². The maximum absolute atomic E-state index is 11.7. The molecule has 0 bridgehead atoms. The Labute approximate surface area is 118 Å². The van der Waals surface area contributed by atoms with Gasteiger partial charge in [0, 0.05) is 7.05 Å². The number of urea groups is 1. The van der Waals surface area contributed by atoms with Crippen molar-refractivity contribution in [2.24, 2.45) is 0 Å². The zero-order valence-corrected chi connectivity index (χ0v) is 12.2. The number of carbonyl (C=O) groups is 2. The van der Waals surface area contributed by atoms with Gasteiger partial charge in [0.15, 0.2) is 6.10 Å². The van der Waals surface area contributed by atoms with Crippen molar-refractivity contribution < 1.29 is 14.3 Å². The molecule has 0 aliphatic carbocycles. The molecule has 3 amide bonds. The molecule has 0 heterocycles. The summed E-state index contributed by atoms with van der Waals surface area (Å²) in [4.78, 5) is 22.6. The lowest BCUT2D eigenvalue weighted by Crippen LogP contribution is -2.49. The number of nitrogens with one attached hydrogen (secondary N) is 3. The van der Waals surface area contributed by atoms with Crippen molar-refractivity contribution in [1.82, 2.24) is 16.2 Å². The van der Waals surface area contributed by atoms with Crippen LogP contribution in [0.2, 0.25) is 0 Å². The van der Waals surface area contributed by atoms with Crippen LogP contribution in [-0.4, -0.2) is 25.1 Å². The van der Waals surface area contributed by atoms with Crippen LogP contribution in [0.3, 0.4) is 0 Å². The van der Waals surface area contributed by atoms with Crippen molar-refractivity contribution in [2.75, 3.05) is 7.05 Å². The third-order valence-corrected chi connectivity index (χ3v) is 2.73. The van der Waals surface area contributed by atoms with E-state index in [-0.39, 0.29) is 0 Å². The summed E-state index contributed by atoms with van der Waals surface area (Å²) in [7, 11) is 1.46. The number of ether oxygens (including phenoxy) is 1. The predicted molar refractivity (Wildman–Crippen MR) is 76.4 cm³/mol. The highest BCUT2D eigenvalue weighted by molar-refractivity contribution is 5.83. The summed E-state index contributed by atoms with van der Waals surface area (Å²) in [5.74, 6) is 0.583. The second kappa shape index (κ2) is 7.37. The molecule has 0 aliphatic rings. The highest BCUT2D eigenvalue weighted by atomic mass is 16.5. The number of hydrogen-bond acceptors (Lipinski definition) is 3. The van der Waals surface area contributed by atoms with Crippen LogP contribution in [0.4, 0.5) is 4.79 Å². The number of hydrogen-bond donors (Lipinski definition) is 3. The normalized spacial score (nSPS) is 11.7. The van der Waals surface area contributed by atoms with Gasteiger partial charge in [0.1, 0.15) is 5.75 Å². The molecule has 3 N–H and O–H groups in total. The molecular formula is C14H21N3O3. The quantitative estimate of drug-likeness (QED) is 0.731. The molecule has 6 heteroatoms. The molecule has 0 saturated carbocycles. The van der Waals surface area contributed by atoms with Gasteiger partial charge in [-0.1, -0.05) is 26.0 Å². The highest BCUT2D eigenvalue weighted by Crippen LogP contribution is 2.20. The molecule has 0 aromatic heterocycles. The Balaban J connectivity index is 2.57. The van der Waals surface area contributed by atoms with Crippen LogP contribution in [0.25, 0.3) is 0 Å². The van der Waals surface area contributed by atoms with Gasteiger partial charge >= 0.3 is 6.03 Å². The Hall–Kier alpha value is -2.24. The van der Waals surface area contributed by atoms with Gasteiger partial charge in [-0.2, -0.15) is 0 Å². The molecule has 1 rings (SSSR count). The van der Waals surface area contributed by atoms with Crippen molar-refractivity contribution in [1.29, 1.82) is 0 Å². The van der Waals surface area contributed by atoms with Crippen LogP contribution in [0.5, 0.6) is 5.75 Å². The van der Waals surface area contributed by atoms with E-state index in [1.165, 1.54) is 7.05 Å². The smallest absolute Gasteiger partial charge is 0.333 e. The summed E-state index contributed by atoms with van der Waals surface area (Å²) >= 11 is 0. The minimum Gasteiger partial charge on any atom is -0.481 e. The third-order valence-electron chi connectivity index (χ3n) is 2.73. The minimum atomic E-state index is -0.713. The van der Waals surface area contributed by atoms with Gasteiger partial charge in [0.25, 0.3) is 5.91 Å². The molecule has 0 radical (unpaired) electrons. The van der Waals surface area contributed by atoms with Crippen LogP contribution >= 0.6 is 0 Å². The lowest BCUT2D eigenvalue weighted by Gasteiger charge is -2.16. The lowest BCUT2D eigenvalue weighted by atomic mass is 10.0. The molecule has 0 spiro atoms. The largest absolute Gasteiger partial charge is 0.481 e. The van der Waals surface area contributed by atoms with E-state index in [9.17, 15) is 9.59 Å². The van der Waals surface area contributed by atoms with E-state index < -0.39 is 18.0 Å². The summed E-state index contributed by atoms with van der Waals surface area (Å²) in [6.07, 6.45) is -0.713. The van der Waals surface area contributed by atoms with Crippen LogP contribution in [0, 0.1) is 0 Å². The molecule has 1 unspecified atom stereocenters. The number of carbonyl (C=O) groups excluding carboxylic acids is 2. The molecule has 6 nitrogen and oxygen atoms in total. The van der Waals surface area contributed by atoms with Crippen LogP contribution < -0.4 is 20.9 Å². The van der Waals surface area contributed by atoms with E-state index >= 15 is 0 Å². The number of amides is 3. The van der Waals surface area contributed by atoms with Crippen LogP contribution in [0.15, 0.2) is 24.3 Å². The topological polar surface area (TPSA) is 79.5 Å². The summed E-state index contributed by atoms with van der Waals surface area (Å²) in [5, 5.41) is 2.32. The Morgan fingerprint density at radius 1 is 1.15 bits per heavy atom. The van der Waals surface area contributed by atoms with Crippen molar-refractivity contribution in [3.05, 3.63) is 29.8 Å². The van der Waals surface area contributed by atoms with Gasteiger partial charge in [-0.3, -0.25) is 10.2 Å².